The highest BCUT2D eigenvalue weighted by atomic mass is 35.5. The number of hydrogen-bond acceptors (Lipinski definition) is 3. The Bertz CT molecular complexity index is 551. The number of thiazole rings is 1. The van der Waals surface area contributed by atoms with Gasteiger partial charge in [-0.3, -0.25) is 0 Å². The molecule has 0 aliphatic heterocycles. The van der Waals surface area contributed by atoms with Gasteiger partial charge in [0.15, 0.2) is 12.2 Å². The molecule has 0 spiro atoms. The average molecular weight is 299 g/mol. The Morgan fingerprint density at radius 3 is 2.42 bits per heavy atom. The number of aromatic nitrogens is 1. The van der Waals surface area contributed by atoms with Crippen molar-refractivity contribution in [2.75, 3.05) is 0 Å². The maximum atomic E-state index is 10.2. The highest BCUT2D eigenvalue weighted by Gasteiger charge is 2.22. The van der Waals surface area contributed by atoms with Crippen LogP contribution in [0, 0.1) is 6.92 Å². The largest absolute Gasteiger partial charge is 0.388 e. The number of halogens is 1. The zero-order chi connectivity index (χ0) is 14.0. The van der Waals surface area contributed by atoms with Crippen LogP contribution >= 0.6 is 22.9 Å². The molecule has 1 aromatic heterocycles. The zero-order valence-corrected chi connectivity index (χ0v) is 12.4. The third-order valence-electron chi connectivity index (χ3n) is 3.10. The number of benzene rings is 1. The first kappa shape index (κ1) is 14.5. The van der Waals surface area contributed by atoms with Gasteiger partial charge in [0.2, 0.25) is 5.51 Å². The molecule has 0 radical (unpaired) electrons. The number of aliphatic hydroxyl groups is 2. The van der Waals surface area contributed by atoms with Crippen molar-refractivity contribution < 1.29 is 14.8 Å². The average Bonchev–Trinajstić information content (AvgIpc) is 2.72. The van der Waals surface area contributed by atoms with Crippen LogP contribution in [0.2, 0.25) is 5.02 Å². The number of rotatable bonds is 4. The third kappa shape index (κ3) is 3.34. The van der Waals surface area contributed by atoms with Crippen molar-refractivity contribution in [3.8, 4) is 0 Å². The molecule has 5 heteroatoms. The molecule has 0 amide bonds. The van der Waals surface area contributed by atoms with Crippen LogP contribution in [0.5, 0.6) is 0 Å². The quantitative estimate of drug-likeness (QED) is 0.853. The second-order valence-electron chi connectivity index (χ2n) is 4.57. The number of hydrogen-bond donors (Lipinski definition) is 2. The summed E-state index contributed by atoms with van der Waals surface area (Å²) in [6, 6.07) is 7.19. The van der Waals surface area contributed by atoms with Crippen LogP contribution in [0.25, 0.3) is 0 Å². The first-order valence-electron chi connectivity index (χ1n) is 6.08. The summed E-state index contributed by atoms with van der Waals surface area (Å²) in [5.74, 6) is 0. The fraction of sp³-hybridized carbons (Fsp3) is 0.357. The summed E-state index contributed by atoms with van der Waals surface area (Å²) < 4.78 is 1.96. The number of aliphatic hydroxyl groups excluding tert-OH is 2. The minimum Gasteiger partial charge on any atom is -0.388 e. The van der Waals surface area contributed by atoms with E-state index in [9.17, 15) is 10.2 Å². The van der Waals surface area contributed by atoms with Crippen LogP contribution in [0.1, 0.15) is 35.3 Å². The van der Waals surface area contributed by atoms with Crippen LogP contribution in [-0.2, 0) is 6.54 Å². The zero-order valence-electron chi connectivity index (χ0n) is 10.9. The van der Waals surface area contributed by atoms with Gasteiger partial charge < -0.3 is 10.2 Å². The van der Waals surface area contributed by atoms with Gasteiger partial charge in [-0.2, -0.15) is 4.57 Å². The normalized spacial score (nSPS) is 14.4. The summed E-state index contributed by atoms with van der Waals surface area (Å²) in [6.45, 7) is 4.17. The van der Waals surface area contributed by atoms with Gasteiger partial charge >= 0.3 is 0 Å². The first-order valence-corrected chi connectivity index (χ1v) is 7.34. The van der Waals surface area contributed by atoms with E-state index < -0.39 is 12.2 Å². The second-order valence-corrected chi connectivity index (χ2v) is 5.89. The van der Waals surface area contributed by atoms with E-state index in [0.29, 0.717) is 11.6 Å². The molecule has 0 aliphatic carbocycles. The Hall–Kier alpha value is -0.940. The topological polar surface area (TPSA) is 44.3 Å². The lowest BCUT2D eigenvalue weighted by Crippen LogP contribution is -2.37. The summed E-state index contributed by atoms with van der Waals surface area (Å²) in [4.78, 5) is 0.934. The Labute approximate surface area is 121 Å². The van der Waals surface area contributed by atoms with Crippen LogP contribution in [-0.4, -0.2) is 10.2 Å². The maximum Gasteiger partial charge on any atom is 0.225 e. The molecule has 0 fully saturated rings. The van der Waals surface area contributed by atoms with E-state index in [-0.39, 0.29) is 0 Å². The molecule has 0 saturated heterocycles. The minimum atomic E-state index is -0.586. The maximum absolute atomic E-state index is 10.2. The van der Waals surface area contributed by atoms with E-state index in [1.54, 1.807) is 19.1 Å². The molecule has 0 saturated carbocycles. The Morgan fingerprint density at radius 1 is 1.26 bits per heavy atom. The van der Waals surface area contributed by atoms with E-state index >= 15 is 0 Å². The lowest BCUT2D eigenvalue weighted by atomic mass is 10.1. The molecule has 1 aromatic carbocycles. The van der Waals surface area contributed by atoms with Crippen LogP contribution in [0.3, 0.4) is 0 Å². The molecule has 2 rings (SSSR count). The molecule has 2 atom stereocenters. The second kappa shape index (κ2) is 6.01. The van der Waals surface area contributed by atoms with Gasteiger partial charge in [-0.15, -0.1) is 0 Å². The third-order valence-corrected chi connectivity index (χ3v) is 4.60. The van der Waals surface area contributed by atoms with E-state index in [0.717, 1.165) is 16.1 Å². The fourth-order valence-corrected chi connectivity index (χ4v) is 3.08. The van der Waals surface area contributed by atoms with E-state index in [2.05, 4.69) is 0 Å². The highest BCUT2D eigenvalue weighted by Crippen LogP contribution is 2.21. The molecule has 0 bridgehead atoms. The van der Waals surface area contributed by atoms with E-state index in [1.807, 2.05) is 29.1 Å². The standard InChI is InChI=1S/C14H17ClNO2S/c1-9-14(10(2)17)19-8-16(9)7-13(18)11-3-5-12(15)6-4-11/h3-6,8,10,13,17-18H,7H2,1-2H3/q+1. The fourth-order valence-electron chi connectivity index (χ4n) is 1.98. The molecular formula is C14H17ClNO2S+. The van der Waals surface area contributed by atoms with Crippen LogP contribution < -0.4 is 4.57 Å². The highest BCUT2D eigenvalue weighted by molar-refractivity contribution is 7.09. The van der Waals surface area contributed by atoms with Crippen molar-refractivity contribution in [1.29, 1.82) is 0 Å². The van der Waals surface area contributed by atoms with Gasteiger partial charge in [0, 0.05) is 11.9 Å². The molecule has 2 unspecified atom stereocenters. The molecule has 3 nitrogen and oxygen atoms in total. The van der Waals surface area contributed by atoms with Crippen molar-refractivity contribution in [2.24, 2.45) is 0 Å². The molecule has 102 valence electrons. The van der Waals surface area contributed by atoms with E-state index in [1.165, 1.54) is 11.3 Å². The van der Waals surface area contributed by atoms with Crippen LogP contribution in [0.15, 0.2) is 29.8 Å². The van der Waals surface area contributed by atoms with Gasteiger partial charge in [-0.05, 0) is 24.6 Å². The summed E-state index contributed by atoms with van der Waals surface area (Å²) in [5.41, 5.74) is 3.75. The lowest BCUT2D eigenvalue weighted by Gasteiger charge is -2.07. The predicted octanol–water partition coefficient (Wildman–Crippen LogP) is 2.78. The number of nitrogens with zero attached hydrogens (tertiary/aromatic N) is 1. The van der Waals surface area contributed by atoms with Gasteiger partial charge in [0.05, 0.1) is 6.10 Å². The van der Waals surface area contributed by atoms with Gasteiger partial charge in [-0.25, -0.2) is 0 Å². The summed E-state index contributed by atoms with van der Waals surface area (Å²) in [6.07, 6.45) is -1.06. The first-order chi connectivity index (χ1) is 8.99. The van der Waals surface area contributed by atoms with Crippen molar-refractivity contribution in [3.05, 3.63) is 50.9 Å². The molecular weight excluding hydrogens is 282 g/mol. The van der Waals surface area contributed by atoms with Gasteiger partial charge in [0.25, 0.3) is 0 Å². The van der Waals surface area contributed by atoms with Crippen LogP contribution in [0.4, 0.5) is 0 Å². The van der Waals surface area contributed by atoms with Crippen molar-refractivity contribution in [1.82, 2.24) is 0 Å². The summed E-state index contributed by atoms with van der Waals surface area (Å²) in [7, 11) is 0. The SMILES string of the molecule is Cc1c(C(C)O)sc[n+]1CC(O)c1ccc(Cl)cc1. The van der Waals surface area contributed by atoms with Gasteiger partial charge in [-0.1, -0.05) is 35.1 Å². The monoisotopic (exact) mass is 298 g/mol. The molecule has 19 heavy (non-hydrogen) atoms. The van der Waals surface area contributed by atoms with Crippen molar-refractivity contribution >= 4 is 22.9 Å². The molecule has 1 heterocycles. The molecule has 0 aliphatic rings. The Kier molecular flexibility index (Phi) is 4.58. The van der Waals surface area contributed by atoms with E-state index in [4.69, 9.17) is 11.6 Å². The summed E-state index contributed by atoms with van der Waals surface area (Å²) in [5, 5.41) is 20.5. The predicted molar refractivity (Wildman–Crippen MR) is 76.3 cm³/mol. The van der Waals surface area contributed by atoms with Crippen molar-refractivity contribution in [3.63, 3.8) is 0 Å². The molecule has 2 N–H and O–H groups in total. The molecule has 2 aromatic rings. The Balaban J connectivity index is 2.15. The lowest BCUT2D eigenvalue weighted by molar-refractivity contribution is -0.706. The van der Waals surface area contributed by atoms with Gasteiger partial charge in [0.1, 0.15) is 11.0 Å². The minimum absolute atomic E-state index is 0.469. The smallest absolute Gasteiger partial charge is 0.225 e. The van der Waals surface area contributed by atoms with Crippen molar-refractivity contribution in [2.45, 2.75) is 32.6 Å². The summed E-state index contributed by atoms with van der Waals surface area (Å²) >= 11 is 7.33. The Morgan fingerprint density at radius 2 is 1.89 bits per heavy atom.